The molecule has 0 amide bonds. The van der Waals surface area contributed by atoms with Crippen LogP contribution in [0.4, 0.5) is 5.69 Å². The van der Waals surface area contributed by atoms with Gasteiger partial charge in [-0.15, -0.1) is 0 Å². The van der Waals surface area contributed by atoms with Crippen LogP contribution in [0.2, 0.25) is 0 Å². The molecule has 2 aliphatic carbocycles. The summed E-state index contributed by atoms with van der Waals surface area (Å²) >= 11 is 0. The Bertz CT molecular complexity index is 435. The van der Waals surface area contributed by atoms with Crippen molar-refractivity contribution in [3.05, 3.63) is 23.3 Å². The molecule has 0 saturated heterocycles. The van der Waals surface area contributed by atoms with Gasteiger partial charge >= 0.3 is 0 Å². The topological polar surface area (TPSA) is 32.3 Å². The summed E-state index contributed by atoms with van der Waals surface area (Å²) in [4.78, 5) is 0. The SMILES string of the molecule is CNc1cc([C@@H](C)C2CC2)c(O)c([C@@H](C)C2CC2)c1. The first-order valence-electron chi connectivity index (χ1n) is 7.66. The minimum atomic E-state index is 0.485. The van der Waals surface area contributed by atoms with E-state index in [1.165, 1.54) is 25.7 Å². The molecule has 0 heterocycles. The molecule has 2 nitrogen and oxygen atoms in total. The van der Waals surface area contributed by atoms with Crippen LogP contribution in [0, 0.1) is 11.8 Å². The molecule has 104 valence electrons. The largest absolute Gasteiger partial charge is 0.507 e. The van der Waals surface area contributed by atoms with Crippen LogP contribution in [0.25, 0.3) is 0 Å². The highest BCUT2D eigenvalue weighted by molar-refractivity contribution is 5.57. The van der Waals surface area contributed by atoms with Crippen molar-refractivity contribution in [2.45, 2.75) is 51.4 Å². The van der Waals surface area contributed by atoms with Crippen LogP contribution >= 0.6 is 0 Å². The molecule has 2 aliphatic rings. The van der Waals surface area contributed by atoms with Gasteiger partial charge in [-0.25, -0.2) is 0 Å². The van der Waals surface area contributed by atoms with Crippen LogP contribution in [0.15, 0.2) is 12.1 Å². The van der Waals surface area contributed by atoms with Gasteiger partial charge in [-0.1, -0.05) is 13.8 Å². The number of benzene rings is 1. The van der Waals surface area contributed by atoms with Crippen LogP contribution in [-0.4, -0.2) is 12.2 Å². The van der Waals surface area contributed by atoms with E-state index in [1.54, 1.807) is 0 Å². The van der Waals surface area contributed by atoms with Gasteiger partial charge in [0, 0.05) is 12.7 Å². The van der Waals surface area contributed by atoms with Gasteiger partial charge < -0.3 is 10.4 Å². The van der Waals surface area contributed by atoms with E-state index >= 15 is 0 Å². The van der Waals surface area contributed by atoms with E-state index in [0.717, 1.165) is 28.7 Å². The Morgan fingerprint density at radius 3 is 1.74 bits per heavy atom. The van der Waals surface area contributed by atoms with Crippen LogP contribution in [0.5, 0.6) is 5.75 Å². The molecule has 0 aliphatic heterocycles. The van der Waals surface area contributed by atoms with Crippen molar-refractivity contribution < 1.29 is 5.11 Å². The zero-order chi connectivity index (χ0) is 13.6. The predicted octanol–water partition coefficient (Wildman–Crippen LogP) is 4.46. The summed E-state index contributed by atoms with van der Waals surface area (Å²) in [5.74, 6) is 3.10. The number of hydrogen-bond donors (Lipinski definition) is 2. The van der Waals surface area contributed by atoms with E-state index in [9.17, 15) is 5.11 Å². The fourth-order valence-electron chi connectivity index (χ4n) is 3.22. The number of phenolic OH excluding ortho intramolecular Hbond substituents is 1. The van der Waals surface area contributed by atoms with Crippen LogP contribution in [-0.2, 0) is 0 Å². The monoisotopic (exact) mass is 259 g/mol. The fraction of sp³-hybridized carbons (Fsp3) is 0.647. The van der Waals surface area contributed by atoms with Gasteiger partial charge in [0.25, 0.3) is 0 Å². The van der Waals surface area contributed by atoms with E-state index in [-0.39, 0.29) is 0 Å². The van der Waals surface area contributed by atoms with Crippen molar-refractivity contribution >= 4 is 5.69 Å². The number of phenols is 1. The fourth-order valence-corrected chi connectivity index (χ4v) is 3.22. The van der Waals surface area contributed by atoms with Gasteiger partial charge in [-0.3, -0.25) is 0 Å². The number of rotatable bonds is 5. The summed E-state index contributed by atoms with van der Waals surface area (Å²) in [6.07, 6.45) is 5.27. The highest BCUT2D eigenvalue weighted by atomic mass is 16.3. The zero-order valence-electron chi connectivity index (χ0n) is 12.2. The number of anilines is 1. The van der Waals surface area contributed by atoms with Gasteiger partial charge in [0.15, 0.2) is 0 Å². The van der Waals surface area contributed by atoms with Crippen LogP contribution in [0.3, 0.4) is 0 Å². The Morgan fingerprint density at radius 2 is 1.42 bits per heavy atom. The van der Waals surface area contributed by atoms with E-state index in [2.05, 4.69) is 31.3 Å². The minimum Gasteiger partial charge on any atom is -0.507 e. The molecule has 0 spiro atoms. The summed E-state index contributed by atoms with van der Waals surface area (Å²) < 4.78 is 0. The molecule has 1 aromatic carbocycles. The lowest BCUT2D eigenvalue weighted by atomic mass is 9.87. The Kier molecular flexibility index (Phi) is 3.20. The summed E-state index contributed by atoms with van der Waals surface area (Å²) in [6, 6.07) is 4.28. The second-order valence-corrected chi connectivity index (χ2v) is 6.51. The second-order valence-electron chi connectivity index (χ2n) is 6.51. The molecule has 2 heteroatoms. The maximum atomic E-state index is 10.7. The average Bonchev–Trinajstić information content (AvgIpc) is 3.30. The molecule has 0 unspecified atom stereocenters. The zero-order valence-corrected chi connectivity index (χ0v) is 12.2. The molecule has 2 N–H and O–H groups in total. The van der Waals surface area contributed by atoms with E-state index in [4.69, 9.17) is 0 Å². The lowest BCUT2D eigenvalue weighted by Gasteiger charge is -2.21. The van der Waals surface area contributed by atoms with Gasteiger partial charge in [-0.05, 0) is 72.6 Å². The van der Waals surface area contributed by atoms with Crippen molar-refractivity contribution in [1.82, 2.24) is 0 Å². The summed E-state index contributed by atoms with van der Waals surface area (Å²) in [5.41, 5.74) is 3.44. The highest BCUT2D eigenvalue weighted by Crippen LogP contribution is 2.50. The standard InChI is InChI=1S/C17H25NO/c1-10(12-4-5-12)15-8-14(18-3)9-16(17(15)19)11(2)13-6-7-13/h8-13,18-19H,4-7H2,1-3H3/t10-,11-/m0/s1. The van der Waals surface area contributed by atoms with E-state index in [0.29, 0.717) is 17.6 Å². The van der Waals surface area contributed by atoms with E-state index in [1.807, 2.05) is 7.05 Å². The van der Waals surface area contributed by atoms with Gasteiger partial charge in [0.2, 0.25) is 0 Å². The molecule has 0 radical (unpaired) electrons. The van der Waals surface area contributed by atoms with Crippen LogP contribution < -0.4 is 5.32 Å². The Morgan fingerprint density at radius 1 is 1.00 bits per heavy atom. The van der Waals surface area contributed by atoms with Crippen LogP contribution in [0.1, 0.15) is 62.5 Å². The quantitative estimate of drug-likeness (QED) is 0.765. The van der Waals surface area contributed by atoms with Crippen molar-refractivity contribution in [3.63, 3.8) is 0 Å². The first-order valence-corrected chi connectivity index (χ1v) is 7.66. The molecule has 1 aromatic rings. The maximum absolute atomic E-state index is 10.7. The van der Waals surface area contributed by atoms with E-state index < -0.39 is 0 Å². The molecule has 2 fully saturated rings. The van der Waals surface area contributed by atoms with Gasteiger partial charge in [0.05, 0.1) is 0 Å². The summed E-state index contributed by atoms with van der Waals surface area (Å²) in [7, 11) is 1.96. The molecule has 19 heavy (non-hydrogen) atoms. The molecule has 0 aromatic heterocycles. The lowest BCUT2D eigenvalue weighted by Crippen LogP contribution is -2.04. The molecular formula is C17H25NO. The number of aromatic hydroxyl groups is 1. The number of nitrogens with one attached hydrogen (secondary N) is 1. The minimum absolute atomic E-state index is 0.485. The molecule has 3 rings (SSSR count). The highest BCUT2D eigenvalue weighted by Gasteiger charge is 2.34. The third kappa shape index (κ3) is 2.45. The molecule has 2 atom stereocenters. The first-order chi connectivity index (χ1) is 9.11. The Balaban J connectivity index is 1.99. The number of hydrogen-bond acceptors (Lipinski definition) is 2. The average molecular weight is 259 g/mol. The maximum Gasteiger partial charge on any atom is 0.122 e. The molecule has 0 bridgehead atoms. The third-order valence-corrected chi connectivity index (χ3v) is 5.10. The predicted molar refractivity (Wildman–Crippen MR) is 79.9 cm³/mol. The van der Waals surface area contributed by atoms with Crippen molar-refractivity contribution in [2.75, 3.05) is 12.4 Å². The Hall–Kier alpha value is -1.18. The lowest BCUT2D eigenvalue weighted by molar-refractivity contribution is 0.443. The second kappa shape index (κ2) is 4.73. The van der Waals surface area contributed by atoms with Crippen molar-refractivity contribution in [1.29, 1.82) is 0 Å². The van der Waals surface area contributed by atoms with Gasteiger partial charge in [-0.2, -0.15) is 0 Å². The molecular weight excluding hydrogens is 234 g/mol. The normalized spacial score (nSPS) is 22.1. The third-order valence-electron chi connectivity index (χ3n) is 5.10. The first kappa shape index (κ1) is 12.8. The van der Waals surface area contributed by atoms with Crippen molar-refractivity contribution in [2.24, 2.45) is 11.8 Å². The smallest absolute Gasteiger partial charge is 0.122 e. The summed E-state index contributed by atoms with van der Waals surface area (Å²) in [6.45, 7) is 4.52. The Labute approximate surface area is 116 Å². The summed E-state index contributed by atoms with van der Waals surface area (Å²) in [5, 5.41) is 13.9. The van der Waals surface area contributed by atoms with Crippen molar-refractivity contribution in [3.8, 4) is 5.75 Å². The molecule has 2 saturated carbocycles. The van der Waals surface area contributed by atoms with Gasteiger partial charge in [0.1, 0.15) is 5.75 Å².